The maximum absolute atomic E-state index is 12.2. The van der Waals surface area contributed by atoms with Crippen LogP contribution in [-0.2, 0) is 22.6 Å². The normalized spacial score (nSPS) is 10.6. The molecule has 27 heavy (non-hydrogen) atoms. The van der Waals surface area contributed by atoms with Gasteiger partial charge in [0.2, 0.25) is 11.4 Å². The Hall–Kier alpha value is -2.77. The Morgan fingerprint density at radius 1 is 1.22 bits per heavy atom. The van der Waals surface area contributed by atoms with E-state index in [2.05, 4.69) is 15.1 Å². The third kappa shape index (κ3) is 4.50. The second-order valence-corrected chi connectivity index (χ2v) is 6.49. The fourth-order valence-corrected chi connectivity index (χ4v) is 2.89. The highest BCUT2D eigenvalue weighted by Crippen LogP contribution is 2.33. The molecule has 0 spiro atoms. The van der Waals surface area contributed by atoms with Gasteiger partial charge in [0.05, 0.1) is 22.2 Å². The van der Waals surface area contributed by atoms with E-state index in [-0.39, 0.29) is 23.6 Å². The number of esters is 1. The number of aryl methyl sites for hydroxylation is 1. The molecule has 3 rings (SSSR count). The average Bonchev–Trinajstić information content (AvgIpc) is 2.96. The van der Waals surface area contributed by atoms with Crippen molar-refractivity contribution < 1.29 is 19.1 Å². The largest absolute Gasteiger partial charge is 0.456 e. The first-order valence-corrected chi connectivity index (χ1v) is 8.71. The minimum absolute atomic E-state index is 0.00553. The number of halogens is 2. The number of ether oxygens (including phenoxy) is 1. The van der Waals surface area contributed by atoms with E-state index in [1.54, 1.807) is 43.3 Å². The van der Waals surface area contributed by atoms with Crippen LogP contribution < -0.4 is 10.2 Å². The van der Waals surface area contributed by atoms with Crippen LogP contribution in [0.15, 0.2) is 47.1 Å². The van der Waals surface area contributed by atoms with Gasteiger partial charge < -0.3 is 15.3 Å². The van der Waals surface area contributed by atoms with Crippen LogP contribution in [0.4, 0.5) is 11.4 Å². The molecule has 0 saturated carbocycles. The zero-order chi connectivity index (χ0) is 19.4. The Morgan fingerprint density at radius 3 is 2.59 bits per heavy atom. The molecule has 0 atom stereocenters. The van der Waals surface area contributed by atoms with E-state index in [1.807, 2.05) is 6.07 Å². The highest BCUT2D eigenvalue weighted by atomic mass is 35.5. The molecule has 1 N–H and O–H groups in total. The Balaban J connectivity index is 1.71. The number of rotatable bonds is 6. The quantitative estimate of drug-likeness (QED) is 0.491. The van der Waals surface area contributed by atoms with Gasteiger partial charge in [0.25, 0.3) is 0 Å². The molecule has 0 amide bonds. The fourth-order valence-electron chi connectivity index (χ4n) is 2.39. The molecule has 2 aromatic carbocycles. The molecule has 3 aromatic rings. The van der Waals surface area contributed by atoms with Crippen molar-refractivity contribution in [2.24, 2.45) is 0 Å². The van der Waals surface area contributed by atoms with E-state index in [4.69, 9.17) is 27.9 Å². The summed E-state index contributed by atoms with van der Waals surface area (Å²) in [4.78, 5) is 12.4. The minimum Gasteiger partial charge on any atom is -0.456 e. The van der Waals surface area contributed by atoms with Crippen molar-refractivity contribution in [3.8, 4) is 0 Å². The van der Waals surface area contributed by atoms with Crippen molar-refractivity contribution in [1.82, 2.24) is 5.16 Å². The van der Waals surface area contributed by atoms with Crippen LogP contribution in [0.1, 0.15) is 17.0 Å². The molecular weight excluding hydrogens is 393 g/mol. The van der Waals surface area contributed by atoms with Gasteiger partial charge in [-0.15, -0.1) is 0 Å². The second-order valence-electron chi connectivity index (χ2n) is 5.68. The highest BCUT2D eigenvalue weighted by molar-refractivity contribution is 6.39. The maximum Gasteiger partial charge on any atom is 0.310 e. The lowest BCUT2D eigenvalue weighted by Crippen LogP contribution is -2.29. The highest BCUT2D eigenvalue weighted by Gasteiger charge is 2.18. The number of carbonyl (C=O) groups excluding carboxylic acids is 1. The third-order valence-electron chi connectivity index (χ3n) is 3.83. The van der Waals surface area contributed by atoms with Gasteiger partial charge >= 0.3 is 5.97 Å². The Labute approximate surface area is 165 Å². The van der Waals surface area contributed by atoms with Crippen LogP contribution in [-0.4, -0.2) is 11.1 Å². The number of aromatic nitrogens is 2. The van der Waals surface area contributed by atoms with Crippen molar-refractivity contribution >= 4 is 40.5 Å². The van der Waals surface area contributed by atoms with Crippen molar-refractivity contribution in [2.45, 2.75) is 20.0 Å². The van der Waals surface area contributed by atoms with Gasteiger partial charge in [-0.05, 0) is 28.7 Å². The molecule has 0 aliphatic carbocycles. The summed E-state index contributed by atoms with van der Waals surface area (Å²) in [6.45, 7) is 1.37. The fraction of sp³-hybridized carbons (Fsp3) is 0.167. The van der Waals surface area contributed by atoms with Gasteiger partial charge in [-0.25, -0.2) is 0 Å². The summed E-state index contributed by atoms with van der Waals surface area (Å²) in [6, 6.07) is 12.4. The van der Waals surface area contributed by atoms with Gasteiger partial charge in [0.1, 0.15) is 0 Å². The predicted octanol–water partition coefficient (Wildman–Crippen LogP) is 3.95. The number of carbonyl (C=O) groups is 1. The van der Waals surface area contributed by atoms with Gasteiger partial charge in [-0.2, -0.15) is 0 Å². The van der Waals surface area contributed by atoms with Gasteiger partial charge in [-0.3, -0.25) is 9.42 Å². The van der Waals surface area contributed by atoms with E-state index < -0.39 is 5.97 Å². The number of nitrogens with zero attached hydrogens (tertiary/aromatic N) is 2. The summed E-state index contributed by atoms with van der Waals surface area (Å²) < 4.78 is 9.60. The minimum atomic E-state index is -0.505. The molecule has 1 aromatic heterocycles. The lowest BCUT2D eigenvalue weighted by atomic mass is 10.1. The topological polar surface area (TPSA) is 91.3 Å². The number of anilines is 2. The van der Waals surface area contributed by atoms with Crippen LogP contribution in [0.5, 0.6) is 0 Å². The molecule has 0 fully saturated rings. The van der Waals surface area contributed by atoms with Crippen LogP contribution in [0, 0.1) is 12.1 Å². The lowest BCUT2D eigenvalue weighted by molar-refractivity contribution is -0.809. The summed E-state index contributed by atoms with van der Waals surface area (Å²) in [5.74, 6) is -0.505. The third-order valence-corrected chi connectivity index (χ3v) is 4.46. The van der Waals surface area contributed by atoms with E-state index in [0.717, 1.165) is 0 Å². The Bertz CT molecular complexity index is 935. The van der Waals surface area contributed by atoms with Crippen molar-refractivity contribution in [3.05, 3.63) is 74.7 Å². The monoisotopic (exact) mass is 407 g/mol. The maximum atomic E-state index is 12.2. The zero-order valence-corrected chi connectivity index (χ0v) is 15.8. The number of hydrogen-bond donors (Lipinski definition) is 1. The van der Waals surface area contributed by atoms with E-state index >= 15 is 0 Å². The molecular formula is C18H15Cl2N3O4. The molecule has 0 radical (unpaired) electrons. The van der Waals surface area contributed by atoms with E-state index in [0.29, 0.717) is 32.7 Å². The molecule has 140 valence electrons. The van der Waals surface area contributed by atoms with Gasteiger partial charge in [0.15, 0.2) is 6.61 Å². The van der Waals surface area contributed by atoms with Crippen LogP contribution in [0.2, 0.25) is 10.0 Å². The summed E-state index contributed by atoms with van der Waals surface area (Å²) >= 11 is 12.4. The lowest BCUT2D eigenvalue weighted by Gasteiger charge is -2.14. The first-order valence-electron chi connectivity index (χ1n) is 7.95. The molecule has 0 unspecified atom stereocenters. The first-order chi connectivity index (χ1) is 13.0. The SMILES string of the molecule is Cc1no[n+]([O-])c1COC(=O)Cc1ccccc1Nc1c(Cl)cccc1Cl. The first kappa shape index (κ1) is 19.0. The van der Waals surface area contributed by atoms with Gasteiger partial charge in [-0.1, -0.05) is 47.5 Å². The number of para-hydroxylation sites is 2. The molecule has 0 saturated heterocycles. The Kier molecular flexibility index (Phi) is 5.83. The standard InChI is InChI=1S/C18H15Cl2N3O4/c1-11-16(23(25)27-22-11)10-26-17(24)9-12-5-2-3-8-15(12)21-18-13(19)6-4-7-14(18)20/h2-8,21H,9-10H2,1H3. The Morgan fingerprint density at radius 2 is 1.93 bits per heavy atom. The van der Waals surface area contributed by atoms with Crippen LogP contribution in [0.25, 0.3) is 0 Å². The molecule has 7 nitrogen and oxygen atoms in total. The van der Waals surface area contributed by atoms with Crippen molar-refractivity contribution in [1.29, 1.82) is 0 Å². The van der Waals surface area contributed by atoms with E-state index in [9.17, 15) is 10.0 Å². The molecule has 0 aliphatic rings. The molecule has 9 heteroatoms. The van der Waals surface area contributed by atoms with Crippen LogP contribution in [0.3, 0.4) is 0 Å². The predicted molar refractivity (Wildman–Crippen MR) is 99.9 cm³/mol. The smallest absolute Gasteiger partial charge is 0.310 e. The zero-order valence-electron chi connectivity index (χ0n) is 14.2. The molecule has 0 bridgehead atoms. The molecule has 0 aliphatic heterocycles. The number of nitrogens with one attached hydrogen (secondary N) is 1. The summed E-state index contributed by atoms with van der Waals surface area (Å²) in [7, 11) is 0. The van der Waals surface area contributed by atoms with Gasteiger partial charge in [0, 0.05) is 17.8 Å². The summed E-state index contributed by atoms with van der Waals surface area (Å²) in [5, 5.41) is 19.0. The average molecular weight is 408 g/mol. The summed E-state index contributed by atoms with van der Waals surface area (Å²) in [6.07, 6.45) is -0.00553. The van der Waals surface area contributed by atoms with Crippen LogP contribution >= 0.6 is 23.2 Å². The van der Waals surface area contributed by atoms with E-state index in [1.165, 1.54) is 0 Å². The molecule has 1 heterocycles. The van der Waals surface area contributed by atoms with Crippen molar-refractivity contribution in [3.63, 3.8) is 0 Å². The van der Waals surface area contributed by atoms with Crippen molar-refractivity contribution in [2.75, 3.05) is 5.32 Å². The number of hydrogen-bond acceptors (Lipinski definition) is 6. The number of benzene rings is 2. The second kappa shape index (κ2) is 8.28. The summed E-state index contributed by atoms with van der Waals surface area (Å²) in [5.41, 5.74) is 2.43.